The minimum atomic E-state index is -1.74. The molecule has 3 aromatic carbocycles. The van der Waals surface area contributed by atoms with Gasteiger partial charge in [0.05, 0.1) is 6.04 Å². The minimum Gasteiger partial charge on any atom is -0.508 e. The second-order valence-electron chi connectivity index (χ2n) is 20.7. The number of nitrogens with zero attached hydrogens (tertiary/aromatic N) is 1. The van der Waals surface area contributed by atoms with Crippen LogP contribution in [0, 0.1) is 13.8 Å². The van der Waals surface area contributed by atoms with Gasteiger partial charge in [0.15, 0.2) is 12.4 Å². The summed E-state index contributed by atoms with van der Waals surface area (Å²) in [5.74, 6) is -4.50. The van der Waals surface area contributed by atoms with Crippen molar-refractivity contribution >= 4 is 35.5 Å². The van der Waals surface area contributed by atoms with E-state index in [0.717, 1.165) is 36.0 Å². The maximum Gasteiger partial charge on any atom is 0.326 e. The number of phenolic OH excluding ortho intramolecular Hbond substituents is 1. The molecule has 5 rings (SSSR count). The summed E-state index contributed by atoms with van der Waals surface area (Å²) >= 11 is 0. The van der Waals surface area contributed by atoms with Crippen LogP contribution in [0.5, 0.6) is 5.75 Å². The number of likely N-dealkylation sites (tertiary alicyclic amines) is 1. The highest BCUT2D eigenvalue weighted by molar-refractivity contribution is 5.96. The number of nitrogens with two attached hydrogens (primary N) is 1. The summed E-state index contributed by atoms with van der Waals surface area (Å²) in [7, 11) is 0. The summed E-state index contributed by atoms with van der Waals surface area (Å²) in [6, 6.07) is 15.1. The van der Waals surface area contributed by atoms with Gasteiger partial charge >= 0.3 is 5.97 Å². The number of rotatable bonds is 32. The number of aryl methyl sites for hydroxylation is 2. The van der Waals surface area contributed by atoms with Gasteiger partial charge in [0.1, 0.15) is 48.2 Å². The van der Waals surface area contributed by atoms with E-state index in [9.17, 15) is 54.3 Å². The third-order valence-electron chi connectivity index (χ3n) is 14.5. The first kappa shape index (κ1) is 61.9. The Morgan fingerprint density at radius 3 is 1.81 bits per heavy atom. The van der Waals surface area contributed by atoms with Gasteiger partial charge in [0.2, 0.25) is 23.6 Å². The number of phenols is 1. The van der Waals surface area contributed by atoms with E-state index in [1.165, 1.54) is 43.4 Å². The SMILES string of the molecule is CCCCCCCCCCCCO[C@@H]1O[C@H](C(=O)NCCCC[C@H](NC(=O)[C@H](Cc2ccccc2)NC(=O)[C@H](Cc2ccccc2)NC(=O)[C@@H]2CCCN2C(=O)[C@@H](N)Cc2c(C)cc(O)cc2C)C(=O)O)[C@@H](O)[C@H](O)[C@H]1O. The first-order valence-electron chi connectivity index (χ1n) is 27.6. The fourth-order valence-corrected chi connectivity index (χ4v) is 10.1. The molecule has 0 unspecified atom stereocenters. The summed E-state index contributed by atoms with van der Waals surface area (Å²) in [5.41, 5.74) is 10.2. The van der Waals surface area contributed by atoms with Crippen LogP contribution in [-0.4, -0.2) is 147 Å². The van der Waals surface area contributed by atoms with Crippen LogP contribution in [0.15, 0.2) is 72.8 Å². The maximum absolute atomic E-state index is 14.4. The number of unbranched alkanes of at least 4 members (excludes halogenated alkanes) is 10. The minimum absolute atomic E-state index is 0.0220. The number of benzene rings is 3. The molecule has 0 spiro atoms. The number of aliphatic carboxylic acids is 1. The Balaban J connectivity index is 1.16. The number of carbonyl (C=O) groups excluding carboxylic acids is 5. The largest absolute Gasteiger partial charge is 0.508 e. The molecular weight excluding hydrogens is 989 g/mol. The van der Waals surface area contributed by atoms with Crippen molar-refractivity contribution in [2.24, 2.45) is 5.73 Å². The van der Waals surface area contributed by atoms with Crippen molar-refractivity contribution in [1.29, 1.82) is 0 Å². The van der Waals surface area contributed by atoms with Crippen molar-refractivity contribution in [2.75, 3.05) is 19.7 Å². The first-order chi connectivity index (χ1) is 37.0. The van der Waals surface area contributed by atoms with E-state index < -0.39 is 96.4 Å². The second kappa shape index (κ2) is 32.1. The number of carbonyl (C=O) groups is 6. The molecule has 2 aliphatic heterocycles. The number of hydrogen-bond donors (Lipinski definition) is 10. The highest BCUT2D eigenvalue weighted by Crippen LogP contribution is 2.26. The Morgan fingerprint density at radius 1 is 0.688 bits per heavy atom. The van der Waals surface area contributed by atoms with E-state index in [0.29, 0.717) is 30.4 Å². The Kier molecular flexibility index (Phi) is 25.8. The molecule has 0 aromatic heterocycles. The molecular formula is C58H84N6O13. The van der Waals surface area contributed by atoms with Crippen molar-refractivity contribution in [1.82, 2.24) is 26.2 Å². The molecule has 0 aliphatic carbocycles. The van der Waals surface area contributed by atoms with Gasteiger partial charge in [-0.25, -0.2) is 4.79 Å². The zero-order valence-electron chi connectivity index (χ0n) is 45.1. The lowest BCUT2D eigenvalue weighted by molar-refractivity contribution is -0.290. The number of nitrogens with one attached hydrogen (secondary N) is 4. The Bertz CT molecular complexity index is 2320. The molecule has 0 bridgehead atoms. The number of aliphatic hydroxyl groups excluding tert-OH is 3. The predicted molar refractivity (Wildman–Crippen MR) is 289 cm³/mol. The molecule has 2 heterocycles. The molecule has 424 valence electrons. The van der Waals surface area contributed by atoms with E-state index in [1.807, 2.05) is 13.8 Å². The molecule has 3 aromatic rings. The van der Waals surface area contributed by atoms with Crippen molar-refractivity contribution in [3.63, 3.8) is 0 Å². The molecule has 2 saturated heterocycles. The highest BCUT2D eigenvalue weighted by Gasteiger charge is 2.47. The topological polar surface area (TPSA) is 299 Å². The van der Waals surface area contributed by atoms with E-state index >= 15 is 0 Å². The Labute approximate surface area is 453 Å². The zero-order chi connectivity index (χ0) is 55.9. The van der Waals surface area contributed by atoms with Gasteiger partial charge in [0.25, 0.3) is 5.91 Å². The average molecular weight is 1070 g/mol. The van der Waals surface area contributed by atoms with Crippen molar-refractivity contribution in [3.8, 4) is 5.75 Å². The molecule has 0 saturated carbocycles. The fourth-order valence-electron chi connectivity index (χ4n) is 10.1. The standard InChI is InChI=1S/C58H84N6O13/c1-4-5-6-7-8-9-10-11-12-21-31-76-58-50(68)48(66)49(67)51(77-58)55(72)60-29-20-19-27-44(57(74)75)61-52(69)45(34-39-23-15-13-16-24-39)62-53(70)46(35-40-25-17-14-18-26-40)63-54(71)47-28-22-30-64(47)56(73)43(59)36-42-37(2)32-41(65)33-38(42)3/h13-18,23-26,32-33,43-51,58,65-68H,4-12,19-22,27-31,34-36,59H2,1-3H3,(H,60,72)(H,61,69)(H,62,70)(H,63,71)(H,74,75)/t43-,44-,45-,46-,47-,48-,49-,50+,51-,58+/m0/s1. The van der Waals surface area contributed by atoms with Crippen LogP contribution in [0.3, 0.4) is 0 Å². The molecule has 19 nitrogen and oxygen atoms in total. The summed E-state index contributed by atoms with van der Waals surface area (Å²) in [6.07, 6.45) is 4.70. The summed E-state index contributed by atoms with van der Waals surface area (Å²) < 4.78 is 11.3. The van der Waals surface area contributed by atoms with Crippen LogP contribution in [0.1, 0.15) is 131 Å². The van der Waals surface area contributed by atoms with E-state index in [2.05, 4.69) is 28.2 Å². The van der Waals surface area contributed by atoms with Crippen LogP contribution in [0.4, 0.5) is 0 Å². The number of aromatic hydroxyl groups is 1. The van der Waals surface area contributed by atoms with Crippen molar-refractivity contribution in [2.45, 2.75) is 197 Å². The third kappa shape index (κ3) is 19.5. The molecule has 5 amide bonds. The van der Waals surface area contributed by atoms with Crippen LogP contribution in [0.2, 0.25) is 0 Å². The maximum atomic E-state index is 14.4. The number of amides is 5. The van der Waals surface area contributed by atoms with Crippen LogP contribution < -0.4 is 27.0 Å². The number of aliphatic hydroxyl groups is 3. The summed E-state index contributed by atoms with van der Waals surface area (Å²) in [4.78, 5) is 83.8. The zero-order valence-corrected chi connectivity index (χ0v) is 45.1. The van der Waals surface area contributed by atoms with Gasteiger partial charge in [-0.3, -0.25) is 24.0 Å². The second-order valence-corrected chi connectivity index (χ2v) is 20.7. The Hall–Kier alpha value is -5.96. The molecule has 0 radical (unpaired) electrons. The van der Waals surface area contributed by atoms with Crippen molar-refractivity contribution in [3.05, 3.63) is 101 Å². The monoisotopic (exact) mass is 1070 g/mol. The third-order valence-corrected chi connectivity index (χ3v) is 14.5. The summed E-state index contributed by atoms with van der Waals surface area (Å²) in [6.45, 7) is 6.37. The van der Waals surface area contributed by atoms with Gasteiger partial charge in [-0.05, 0) is 98.7 Å². The Morgan fingerprint density at radius 2 is 1.23 bits per heavy atom. The van der Waals surface area contributed by atoms with Crippen LogP contribution >= 0.6 is 0 Å². The van der Waals surface area contributed by atoms with E-state index in [4.69, 9.17) is 15.2 Å². The van der Waals surface area contributed by atoms with Gasteiger partial charge in [-0.2, -0.15) is 0 Å². The van der Waals surface area contributed by atoms with Gasteiger partial charge in [-0.1, -0.05) is 125 Å². The van der Waals surface area contributed by atoms with Crippen LogP contribution in [-0.2, 0) is 57.5 Å². The van der Waals surface area contributed by atoms with Gasteiger partial charge in [0, 0.05) is 32.5 Å². The predicted octanol–water partition coefficient (Wildman–Crippen LogP) is 3.93. The lowest BCUT2D eigenvalue weighted by Crippen LogP contribution is -2.62. The first-order valence-corrected chi connectivity index (χ1v) is 27.6. The van der Waals surface area contributed by atoms with Crippen molar-refractivity contribution < 1.29 is 63.8 Å². The lowest BCUT2D eigenvalue weighted by atomic mass is 9.95. The number of ether oxygens (including phenoxy) is 2. The number of carboxylic acid groups (broad SMARTS) is 1. The summed E-state index contributed by atoms with van der Waals surface area (Å²) in [5, 5.41) is 62.8. The quantitative estimate of drug-likeness (QED) is 0.0397. The van der Waals surface area contributed by atoms with Crippen LogP contribution in [0.25, 0.3) is 0 Å². The van der Waals surface area contributed by atoms with Gasteiger partial charge in [-0.15, -0.1) is 0 Å². The number of carboxylic acids is 1. The highest BCUT2D eigenvalue weighted by atomic mass is 16.7. The molecule has 19 heteroatoms. The van der Waals surface area contributed by atoms with E-state index in [-0.39, 0.29) is 64.0 Å². The molecule has 10 atom stereocenters. The molecule has 2 aliphatic rings. The number of hydrogen-bond acceptors (Lipinski definition) is 13. The average Bonchev–Trinajstić information content (AvgIpc) is 3.91. The molecule has 2 fully saturated rings. The molecule has 11 N–H and O–H groups in total. The smallest absolute Gasteiger partial charge is 0.326 e. The lowest BCUT2D eigenvalue weighted by Gasteiger charge is -2.39. The van der Waals surface area contributed by atoms with E-state index in [1.54, 1.807) is 72.8 Å². The fraction of sp³-hybridized carbons (Fsp3) is 0.586. The van der Waals surface area contributed by atoms with Gasteiger partial charge < -0.3 is 66.9 Å². The molecule has 77 heavy (non-hydrogen) atoms. The normalized spacial score (nSPS) is 20.8.